The van der Waals surface area contributed by atoms with Gasteiger partial charge in [0.15, 0.2) is 0 Å². The van der Waals surface area contributed by atoms with Gasteiger partial charge in [-0.3, -0.25) is 4.79 Å². The molecule has 1 fully saturated rings. The van der Waals surface area contributed by atoms with Crippen LogP contribution in [0.2, 0.25) is 0 Å². The van der Waals surface area contributed by atoms with Gasteiger partial charge in [0.1, 0.15) is 5.78 Å². The molecule has 70 valence electrons. The lowest BCUT2D eigenvalue weighted by atomic mass is 9.90. The standard InChI is InChI=1S/C13H12O/c14-13-9-12(10-13)8-4-7-11-5-2-1-3-6-11/h1-8H,9-10H2/b7-4+. The number of ketones is 1. The van der Waals surface area contributed by atoms with Gasteiger partial charge in [-0.05, 0) is 5.56 Å². The summed E-state index contributed by atoms with van der Waals surface area (Å²) in [4.78, 5) is 10.7. The van der Waals surface area contributed by atoms with Crippen LogP contribution in [0.5, 0.6) is 0 Å². The van der Waals surface area contributed by atoms with Crippen LogP contribution in [-0.4, -0.2) is 5.78 Å². The molecule has 0 aliphatic heterocycles. The highest BCUT2D eigenvalue weighted by Gasteiger charge is 2.17. The lowest BCUT2D eigenvalue weighted by Gasteiger charge is -2.13. The summed E-state index contributed by atoms with van der Waals surface area (Å²) in [5.74, 6) is 0.351. The van der Waals surface area contributed by atoms with Crippen LogP contribution >= 0.6 is 0 Å². The topological polar surface area (TPSA) is 17.1 Å². The van der Waals surface area contributed by atoms with Gasteiger partial charge < -0.3 is 0 Å². The molecule has 1 heteroatoms. The van der Waals surface area contributed by atoms with E-state index in [4.69, 9.17) is 0 Å². The number of carbonyl (C=O) groups is 1. The zero-order valence-electron chi connectivity index (χ0n) is 7.94. The van der Waals surface area contributed by atoms with Crippen LogP contribution in [0.15, 0.2) is 48.1 Å². The van der Waals surface area contributed by atoms with Gasteiger partial charge >= 0.3 is 0 Å². The van der Waals surface area contributed by atoms with Gasteiger partial charge in [0.2, 0.25) is 0 Å². The Morgan fingerprint density at radius 3 is 2.43 bits per heavy atom. The minimum absolute atomic E-state index is 0.351. The summed E-state index contributed by atoms with van der Waals surface area (Å²) in [6.07, 6.45) is 7.40. The Morgan fingerprint density at radius 2 is 1.79 bits per heavy atom. The lowest BCUT2D eigenvalue weighted by molar-refractivity contribution is -0.120. The fourth-order valence-corrected chi connectivity index (χ4v) is 1.43. The smallest absolute Gasteiger partial charge is 0.140 e. The van der Waals surface area contributed by atoms with E-state index in [1.54, 1.807) is 0 Å². The van der Waals surface area contributed by atoms with Crippen LogP contribution in [-0.2, 0) is 4.79 Å². The molecular formula is C13H12O. The second-order valence-corrected chi connectivity index (χ2v) is 3.49. The fourth-order valence-electron chi connectivity index (χ4n) is 1.43. The summed E-state index contributed by atoms with van der Waals surface area (Å²) in [6.45, 7) is 0. The predicted molar refractivity (Wildman–Crippen MR) is 57.8 cm³/mol. The van der Waals surface area contributed by atoms with Crippen molar-refractivity contribution in [2.45, 2.75) is 12.8 Å². The second-order valence-electron chi connectivity index (χ2n) is 3.49. The number of hydrogen-bond acceptors (Lipinski definition) is 1. The fraction of sp³-hybridized carbons (Fsp3) is 0.154. The zero-order valence-corrected chi connectivity index (χ0v) is 7.94. The van der Waals surface area contributed by atoms with Crippen molar-refractivity contribution in [2.75, 3.05) is 0 Å². The number of carbonyl (C=O) groups excluding carboxylic acids is 1. The number of rotatable bonds is 2. The van der Waals surface area contributed by atoms with Crippen LogP contribution in [0.4, 0.5) is 0 Å². The molecule has 0 heterocycles. The first kappa shape index (κ1) is 8.95. The molecule has 1 aromatic rings. The van der Waals surface area contributed by atoms with E-state index >= 15 is 0 Å². The maximum absolute atomic E-state index is 10.7. The molecule has 0 N–H and O–H groups in total. The van der Waals surface area contributed by atoms with Crippen LogP contribution in [0.25, 0.3) is 6.08 Å². The summed E-state index contributed by atoms with van der Waals surface area (Å²) >= 11 is 0. The summed E-state index contributed by atoms with van der Waals surface area (Å²) in [7, 11) is 0. The third kappa shape index (κ3) is 2.19. The third-order valence-electron chi connectivity index (χ3n) is 2.27. The molecule has 0 bridgehead atoms. The maximum atomic E-state index is 10.7. The second kappa shape index (κ2) is 4.05. The highest BCUT2D eigenvalue weighted by Crippen LogP contribution is 2.21. The molecule has 0 atom stereocenters. The van der Waals surface area contributed by atoms with E-state index in [0.29, 0.717) is 18.6 Å². The van der Waals surface area contributed by atoms with E-state index in [0.717, 1.165) is 0 Å². The molecule has 0 unspecified atom stereocenters. The van der Waals surface area contributed by atoms with Crippen LogP contribution in [0.1, 0.15) is 18.4 Å². The van der Waals surface area contributed by atoms with E-state index in [1.807, 2.05) is 30.4 Å². The monoisotopic (exact) mass is 184 g/mol. The molecule has 0 spiro atoms. The first-order valence-electron chi connectivity index (χ1n) is 4.77. The normalized spacial score (nSPS) is 15.7. The average Bonchev–Trinajstić information content (AvgIpc) is 2.17. The first-order chi connectivity index (χ1) is 6.84. The molecule has 0 saturated heterocycles. The van der Waals surface area contributed by atoms with Gasteiger partial charge in [-0.25, -0.2) is 0 Å². The third-order valence-corrected chi connectivity index (χ3v) is 2.27. The molecule has 14 heavy (non-hydrogen) atoms. The van der Waals surface area contributed by atoms with Crippen molar-refractivity contribution in [1.29, 1.82) is 0 Å². The molecule has 1 nitrogen and oxygen atoms in total. The Morgan fingerprint density at radius 1 is 1.07 bits per heavy atom. The molecular weight excluding hydrogens is 172 g/mol. The molecule has 1 aliphatic rings. The average molecular weight is 184 g/mol. The number of hydrogen-bond donors (Lipinski definition) is 0. The molecule has 0 radical (unpaired) electrons. The molecule has 0 amide bonds. The lowest BCUT2D eigenvalue weighted by Crippen LogP contribution is -2.12. The molecule has 1 aliphatic carbocycles. The maximum Gasteiger partial charge on any atom is 0.140 e. The van der Waals surface area contributed by atoms with Crippen molar-refractivity contribution in [3.63, 3.8) is 0 Å². The van der Waals surface area contributed by atoms with E-state index in [1.165, 1.54) is 11.1 Å². The Balaban J connectivity index is 1.95. The largest absolute Gasteiger partial charge is 0.299 e. The van der Waals surface area contributed by atoms with Gasteiger partial charge in [0, 0.05) is 12.8 Å². The van der Waals surface area contributed by atoms with Crippen molar-refractivity contribution in [1.82, 2.24) is 0 Å². The Kier molecular flexibility index (Phi) is 2.59. The van der Waals surface area contributed by atoms with Crippen molar-refractivity contribution in [3.8, 4) is 0 Å². The van der Waals surface area contributed by atoms with Crippen molar-refractivity contribution < 1.29 is 4.79 Å². The van der Waals surface area contributed by atoms with E-state index < -0.39 is 0 Å². The minimum atomic E-state index is 0.351. The highest BCUT2D eigenvalue weighted by molar-refractivity contribution is 5.91. The summed E-state index contributed by atoms with van der Waals surface area (Å²) in [5.41, 5.74) is 2.43. The number of allylic oxidation sites excluding steroid dienone is 3. The molecule has 1 aromatic carbocycles. The molecule has 1 saturated carbocycles. The van der Waals surface area contributed by atoms with Crippen LogP contribution in [0, 0.1) is 0 Å². The van der Waals surface area contributed by atoms with Gasteiger partial charge in [-0.2, -0.15) is 0 Å². The SMILES string of the molecule is O=C1CC(=C/C=C/c2ccccc2)C1. The minimum Gasteiger partial charge on any atom is -0.299 e. The van der Waals surface area contributed by atoms with Crippen molar-refractivity contribution >= 4 is 11.9 Å². The molecule has 2 rings (SSSR count). The molecule has 0 aromatic heterocycles. The summed E-state index contributed by atoms with van der Waals surface area (Å²) in [5, 5.41) is 0. The Hall–Kier alpha value is -1.63. The quantitative estimate of drug-likeness (QED) is 0.690. The Labute approximate surface area is 83.8 Å². The number of benzene rings is 1. The van der Waals surface area contributed by atoms with Crippen molar-refractivity contribution in [3.05, 3.63) is 53.6 Å². The van der Waals surface area contributed by atoms with E-state index in [9.17, 15) is 4.79 Å². The van der Waals surface area contributed by atoms with Gasteiger partial charge in [0.05, 0.1) is 0 Å². The van der Waals surface area contributed by atoms with E-state index in [-0.39, 0.29) is 0 Å². The summed E-state index contributed by atoms with van der Waals surface area (Å²) < 4.78 is 0. The van der Waals surface area contributed by atoms with Crippen LogP contribution in [0.3, 0.4) is 0 Å². The van der Waals surface area contributed by atoms with Crippen LogP contribution < -0.4 is 0 Å². The van der Waals surface area contributed by atoms with Gasteiger partial charge in [0.25, 0.3) is 0 Å². The van der Waals surface area contributed by atoms with Crippen molar-refractivity contribution in [2.24, 2.45) is 0 Å². The zero-order chi connectivity index (χ0) is 9.80. The first-order valence-corrected chi connectivity index (χ1v) is 4.77. The number of Topliss-reactive ketones (excluding diaryl/α,β-unsaturated/α-hetero) is 1. The Bertz CT molecular complexity index is 375. The van der Waals surface area contributed by atoms with Gasteiger partial charge in [-0.1, -0.05) is 54.1 Å². The predicted octanol–water partition coefficient (Wildman–Crippen LogP) is 2.99. The highest BCUT2D eigenvalue weighted by atomic mass is 16.1. The van der Waals surface area contributed by atoms with Gasteiger partial charge in [-0.15, -0.1) is 0 Å². The van der Waals surface area contributed by atoms with E-state index in [2.05, 4.69) is 18.2 Å². The summed E-state index contributed by atoms with van der Waals surface area (Å²) in [6, 6.07) is 10.1.